The quantitative estimate of drug-likeness (QED) is 0.711. The number of aliphatic hydroxyl groups excluding tert-OH is 1. The topological polar surface area (TPSA) is 89.2 Å². The van der Waals surface area contributed by atoms with Crippen molar-refractivity contribution in [1.82, 2.24) is 4.90 Å². The summed E-state index contributed by atoms with van der Waals surface area (Å²) in [5, 5.41) is 11.7. The first-order valence-electron chi connectivity index (χ1n) is 11.1. The van der Waals surface area contributed by atoms with Gasteiger partial charge in [-0.15, -0.1) is 0 Å². The van der Waals surface area contributed by atoms with Crippen LogP contribution in [-0.4, -0.2) is 54.9 Å². The van der Waals surface area contributed by atoms with E-state index in [1.54, 1.807) is 6.07 Å². The lowest BCUT2D eigenvalue weighted by Gasteiger charge is -2.35. The third-order valence-electron chi connectivity index (χ3n) is 6.70. The van der Waals surface area contributed by atoms with Crippen LogP contribution in [-0.2, 0) is 16.0 Å². The zero-order valence-corrected chi connectivity index (χ0v) is 18.4. The van der Waals surface area contributed by atoms with Gasteiger partial charge in [-0.05, 0) is 55.7 Å². The molecule has 1 aromatic heterocycles. The van der Waals surface area contributed by atoms with Crippen LogP contribution in [0.1, 0.15) is 37.3 Å². The van der Waals surface area contributed by atoms with Gasteiger partial charge in [-0.3, -0.25) is 4.79 Å². The average molecular weight is 430 g/mol. The highest BCUT2D eigenvalue weighted by molar-refractivity contribution is 5.85. The predicted molar refractivity (Wildman–Crippen MR) is 116 cm³/mol. The number of methoxy groups -OCH3 is 1. The van der Waals surface area contributed by atoms with Crippen molar-refractivity contribution < 1.29 is 23.8 Å². The largest absolute Gasteiger partial charge is 0.487 e. The van der Waals surface area contributed by atoms with Crippen LogP contribution in [0.15, 0.2) is 27.4 Å². The molecule has 0 spiro atoms. The molecule has 0 radical (unpaired) electrons. The Bertz CT molecular complexity index is 1020. The third-order valence-corrected chi connectivity index (χ3v) is 6.70. The number of nitrogens with zero attached hydrogens (tertiary/aromatic N) is 1. The van der Waals surface area contributed by atoms with Crippen LogP contribution < -0.4 is 10.4 Å². The molecule has 1 amide bonds. The summed E-state index contributed by atoms with van der Waals surface area (Å²) >= 11 is 0. The van der Waals surface area contributed by atoms with E-state index in [0.29, 0.717) is 43.2 Å². The molecule has 0 unspecified atom stereocenters. The molecule has 1 saturated carbocycles. The molecule has 2 heterocycles. The van der Waals surface area contributed by atoms with Crippen LogP contribution in [0.4, 0.5) is 0 Å². The number of benzene rings is 1. The number of carbonyl (C=O) groups excluding carboxylic acids is 1. The first-order valence-corrected chi connectivity index (χ1v) is 11.1. The molecular weight excluding hydrogens is 398 g/mol. The minimum Gasteiger partial charge on any atom is -0.487 e. The number of carbonyl (C=O) groups is 1. The second-order valence-corrected chi connectivity index (χ2v) is 8.85. The zero-order chi connectivity index (χ0) is 22.1. The number of ether oxygens (including phenoxy) is 2. The Morgan fingerprint density at radius 2 is 2.00 bits per heavy atom. The summed E-state index contributed by atoms with van der Waals surface area (Å²) in [6.45, 7) is 5.39. The molecule has 4 atom stereocenters. The summed E-state index contributed by atoms with van der Waals surface area (Å²) in [5.74, 6) is 1.19. The van der Waals surface area contributed by atoms with Crippen LogP contribution >= 0.6 is 0 Å². The van der Waals surface area contributed by atoms with E-state index in [9.17, 15) is 14.7 Å². The van der Waals surface area contributed by atoms with Crippen molar-refractivity contribution >= 4 is 16.9 Å². The zero-order valence-electron chi connectivity index (χ0n) is 18.4. The van der Waals surface area contributed by atoms with Gasteiger partial charge in [0, 0.05) is 37.2 Å². The van der Waals surface area contributed by atoms with Crippen LogP contribution in [0.3, 0.4) is 0 Å². The highest BCUT2D eigenvalue weighted by Gasteiger charge is 2.44. The molecule has 1 aliphatic heterocycles. The normalized spacial score (nSPS) is 25.6. The smallest absolute Gasteiger partial charge is 0.336 e. The van der Waals surface area contributed by atoms with Gasteiger partial charge in [-0.1, -0.05) is 13.3 Å². The summed E-state index contributed by atoms with van der Waals surface area (Å²) in [5.41, 5.74) is 1.94. The maximum absolute atomic E-state index is 12.2. The van der Waals surface area contributed by atoms with E-state index in [-0.39, 0.29) is 30.2 Å². The maximum atomic E-state index is 12.2. The Kier molecular flexibility index (Phi) is 6.34. The minimum atomic E-state index is -0.604. The minimum absolute atomic E-state index is 0.00727. The van der Waals surface area contributed by atoms with Crippen LogP contribution in [0.2, 0.25) is 0 Å². The van der Waals surface area contributed by atoms with Crippen molar-refractivity contribution in [2.75, 3.05) is 26.8 Å². The second kappa shape index (κ2) is 9.01. The number of likely N-dealkylation sites (tertiary alicyclic amines) is 1. The van der Waals surface area contributed by atoms with Gasteiger partial charge in [0.25, 0.3) is 0 Å². The van der Waals surface area contributed by atoms with Crippen LogP contribution in [0.5, 0.6) is 5.75 Å². The highest BCUT2D eigenvalue weighted by Crippen LogP contribution is 2.39. The fourth-order valence-corrected chi connectivity index (χ4v) is 5.11. The molecule has 1 aromatic carbocycles. The monoisotopic (exact) mass is 429 g/mol. The van der Waals surface area contributed by atoms with Crippen LogP contribution in [0, 0.1) is 18.8 Å². The molecule has 7 nitrogen and oxygen atoms in total. The summed E-state index contributed by atoms with van der Waals surface area (Å²) in [6.07, 6.45) is 2.07. The van der Waals surface area contributed by atoms with Gasteiger partial charge in [0.15, 0.2) is 0 Å². The molecule has 2 aromatic rings. The van der Waals surface area contributed by atoms with Gasteiger partial charge in [0.1, 0.15) is 24.0 Å². The van der Waals surface area contributed by atoms with E-state index in [4.69, 9.17) is 13.9 Å². The Morgan fingerprint density at radius 3 is 2.71 bits per heavy atom. The maximum Gasteiger partial charge on any atom is 0.336 e. The highest BCUT2D eigenvalue weighted by atomic mass is 16.5. The number of rotatable bonds is 6. The molecule has 0 bridgehead atoms. The Morgan fingerprint density at radius 1 is 1.26 bits per heavy atom. The van der Waals surface area contributed by atoms with Crippen LogP contribution in [0.25, 0.3) is 11.0 Å². The molecule has 7 heteroatoms. The predicted octanol–water partition coefficient (Wildman–Crippen LogP) is 2.68. The lowest BCUT2D eigenvalue weighted by molar-refractivity contribution is -0.134. The van der Waals surface area contributed by atoms with E-state index in [1.165, 1.54) is 7.11 Å². The van der Waals surface area contributed by atoms with Gasteiger partial charge < -0.3 is 23.9 Å². The number of hydrogen-bond acceptors (Lipinski definition) is 6. The van der Waals surface area contributed by atoms with Crippen molar-refractivity contribution in [2.45, 2.75) is 51.7 Å². The first-order chi connectivity index (χ1) is 14.9. The lowest BCUT2D eigenvalue weighted by Crippen LogP contribution is -2.42. The third kappa shape index (κ3) is 4.34. The van der Waals surface area contributed by atoms with Crippen molar-refractivity contribution in [3.05, 3.63) is 39.7 Å². The Labute approximate surface area is 181 Å². The Balaban J connectivity index is 1.53. The summed E-state index contributed by atoms with van der Waals surface area (Å²) < 4.78 is 16.7. The SMILES string of the molecule is CCCc1cc(=O)oc2c(C)c(O[C@@H]3C[C@@H]4CN(C(=O)COC)C[C@@H]4C[C@H]3O)ccc12. The molecule has 168 valence electrons. The second-order valence-electron chi connectivity index (χ2n) is 8.85. The van der Waals surface area contributed by atoms with E-state index in [2.05, 4.69) is 6.92 Å². The average Bonchev–Trinajstić information content (AvgIpc) is 3.14. The van der Waals surface area contributed by atoms with Gasteiger partial charge in [0.05, 0.1) is 6.10 Å². The molecular formula is C24H31NO6. The number of aliphatic hydroxyl groups is 1. The van der Waals surface area contributed by atoms with Crippen molar-refractivity contribution in [3.63, 3.8) is 0 Å². The molecule has 2 aliphatic rings. The number of hydrogen-bond donors (Lipinski definition) is 1. The standard InChI is InChI=1S/C24H31NO6/c1-4-5-15-10-23(28)31-24-14(2)20(7-6-18(15)24)30-21-9-17-12-25(22(27)13-29-3)11-16(17)8-19(21)26/h6-7,10,16-17,19,21,26H,4-5,8-9,11-13H2,1-3H3/t16-,17+,19+,21+/m0/s1. The van der Waals surface area contributed by atoms with E-state index >= 15 is 0 Å². The van der Waals surface area contributed by atoms with E-state index < -0.39 is 6.10 Å². The van der Waals surface area contributed by atoms with Crippen molar-refractivity contribution in [3.8, 4) is 5.75 Å². The lowest BCUT2D eigenvalue weighted by atomic mass is 9.78. The first kappa shape index (κ1) is 21.8. The molecule has 1 N–H and O–H groups in total. The molecule has 2 fully saturated rings. The van der Waals surface area contributed by atoms with Crippen molar-refractivity contribution in [2.24, 2.45) is 11.8 Å². The number of amides is 1. The van der Waals surface area contributed by atoms with Crippen molar-refractivity contribution in [1.29, 1.82) is 0 Å². The number of aryl methyl sites for hydroxylation is 2. The number of fused-ring (bicyclic) bond motifs is 2. The van der Waals surface area contributed by atoms with Gasteiger partial charge in [-0.25, -0.2) is 4.79 Å². The summed E-state index contributed by atoms with van der Waals surface area (Å²) in [7, 11) is 1.52. The fourth-order valence-electron chi connectivity index (χ4n) is 5.11. The van der Waals surface area contributed by atoms with Gasteiger partial charge in [-0.2, -0.15) is 0 Å². The van der Waals surface area contributed by atoms with E-state index in [0.717, 1.165) is 29.4 Å². The van der Waals surface area contributed by atoms with E-state index in [1.807, 2.05) is 24.0 Å². The molecule has 1 aliphatic carbocycles. The summed E-state index contributed by atoms with van der Waals surface area (Å²) in [4.78, 5) is 26.1. The fraction of sp³-hybridized carbons (Fsp3) is 0.583. The molecule has 1 saturated heterocycles. The Hall–Kier alpha value is -2.38. The summed E-state index contributed by atoms with van der Waals surface area (Å²) in [6, 6.07) is 5.40. The molecule has 31 heavy (non-hydrogen) atoms. The van der Waals surface area contributed by atoms with Gasteiger partial charge in [0.2, 0.25) is 5.91 Å². The molecule has 4 rings (SSSR count). The van der Waals surface area contributed by atoms with Gasteiger partial charge >= 0.3 is 5.63 Å².